The number of carbonyl (C=O) groups excluding carboxylic acids is 2. The molecule has 33 heavy (non-hydrogen) atoms. The van der Waals surface area contributed by atoms with E-state index in [1.807, 2.05) is 25.1 Å². The third kappa shape index (κ3) is 3.18. The van der Waals surface area contributed by atoms with Gasteiger partial charge in [-0.2, -0.15) is 5.26 Å². The summed E-state index contributed by atoms with van der Waals surface area (Å²) in [6.45, 7) is 1.93. The quantitative estimate of drug-likeness (QED) is 0.202. The van der Waals surface area contributed by atoms with E-state index in [0.29, 0.717) is 23.1 Å². The maximum absolute atomic E-state index is 13.0. The van der Waals surface area contributed by atoms with Crippen LogP contribution < -0.4 is 0 Å². The molecule has 0 fully saturated rings. The summed E-state index contributed by atoms with van der Waals surface area (Å²) in [5.41, 5.74) is 2.11. The number of benzene rings is 2. The Bertz CT molecular complexity index is 1640. The van der Waals surface area contributed by atoms with Crippen molar-refractivity contribution in [2.45, 2.75) is 13.3 Å². The largest absolute Gasteiger partial charge is 0.288 e. The summed E-state index contributed by atoms with van der Waals surface area (Å²) >= 11 is 4.82. The summed E-state index contributed by atoms with van der Waals surface area (Å²) in [5.74, 6) is -0.588. The molecular weight excluding hydrogens is 468 g/mol. The Balaban J connectivity index is 1.36. The summed E-state index contributed by atoms with van der Waals surface area (Å²) in [7, 11) is 0. The molecule has 0 atom stereocenters. The summed E-state index contributed by atoms with van der Waals surface area (Å²) < 4.78 is 2.27. The van der Waals surface area contributed by atoms with Crippen LogP contribution in [-0.2, 0) is 6.42 Å². The molecule has 6 rings (SSSR count). The Morgan fingerprint density at radius 2 is 1.76 bits per heavy atom. The minimum atomic E-state index is -0.315. The fraction of sp³-hybridized carbons (Fsp3) is 0.0769. The topological polar surface area (TPSA) is 70.8 Å². The number of fused-ring (bicyclic) bond motifs is 3. The fourth-order valence-electron chi connectivity index (χ4n) is 4.10. The van der Waals surface area contributed by atoms with E-state index in [-0.39, 0.29) is 17.1 Å². The second-order valence-corrected chi connectivity index (χ2v) is 10.9. The van der Waals surface area contributed by atoms with Gasteiger partial charge in [-0.05, 0) is 53.8 Å². The fourth-order valence-corrected chi connectivity index (χ4v) is 7.38. The number of Topliss-reactive ketones (excluding diaryl/α,β-unsaturated/α-hetero) is 2. The van der Waals surface area contributed by atoms with E-state index in [1.54, 1.807) is 40.9 Å². The van der Waals surface area contributed by atoms with Crippen molar-refractivity contribution in [1.29, 1.82) is 5.26 Å². The SMILES string of the molecule is CCc1cc2c(cc1C#N)C(=O)/C(=C/c1cc3sc(-c4cc5ccccc5s4)nc3s1)C2=O. The predicted molar refractivity (Wildman–Crippen MR) is 135 cm³/mol. The summed E-state index contributed by atoms with van der Waals surface area (Å²) in [6, 6.07) is 17.8. The average molecular weight is 483 g/mol. The van der Waals surface area contributed by atoms with Gasteiger partial charge in [0.05, 0.1) is 26.8 Å². The third-order valence-electron chi connectivity index (χ3n) is 5.75. The Hall–Kier alpha value is -3.44. The van der Waals surface area contributed by atoms with Crippen LogP contribution in [0.25, 0.3) is 35.6 Å². The molecule has 7 heteroatoms. The third-order valence-corrected chi connectivity index (χ3v) is 9.15. The van der Waals surface area contributed by atoms with Crippen molar-refractivity contribution in [2.75, 3.05) is 0 Å². The number of aromatic nitrogens is 1. The van der Waals surface area contributed by atoms with E-state index in [0.717, 1.165) is 29.9 Å². The van der Waals surface area contributed by atoms with Crippen LogP contribution in [0.4, 0.5) is 0 Å². The van der Waals surface area contributed by atoms with Crippen LogP contribution in [0, 0.1) is 11.3 Å². The zero-order chi connectivity index (χ0) is 22.7. The number of thiophene rings is 2. The highest BCUT2D eigenvalue weighted by Gasteiger charge is 2.34. The van der Waals surface area contributed by atoms with Gasteiger partial charge in [0, 0.05) is 20.7 Å². The van der Waals surface area contributed by atoms with Crippen LogP contribution in [0.1, 0.15) is 43.6 Å². The number of nitriles is 1. The van der Waals surface area contributed by atoms with Crippen molar-refractivity contribution in [1.82, 2.24) is 4.98 Å². The molecule has 0 unspecified atom stereocenters. The number of hydrogen-bond donors (Lipinski definition) is 0. The number of carbonyl (C=O) groups is 2. The van der Waals surface area contributed by atoms with Crippen molar-refractivity contribution >= 4 is 71.3 Å². The number of allylic oxidation sites excluding steroid dienone is 1. The lowest BCUT2D eigenvalue weighted by Crippen LogP contribution is -1.99. The Morgan fingerprint density at radius 1 is 0.970 bits per heavy atom. The van der Waals surface area contributed by atoms with E-state index < -0.39 is 0 Å². The zero-order valence-electron chi connectivity index (χ0n) is 17.3. The highest BCUT2D eigenvalue weighted by atomic mass is 32.1. The molecule has 3 aromatic heterocycles. The van der Waals surface area contributed by atoms with E-state index in [9.17, 15) is 14.9 Å². The first kappa shape index (κ1) is 20.2. The van der Waals surface area contributed by atoms with Gasteiger partial charge in [-0.25, -0.2) is 4.98 Å². The van der Waals surface area contributed by atoms with Crippen LogP contribution in [0.5, 0.6) is 0 Å². The molecule has 4 nitrogen and oxygen atoms in total. The van der Waals surface area contributed by atoms with Gasteiger partial charge in [-0.1, -0.05) is 25.1 Å². The molecule has 0 saturated heterocycles. The molecule has 0 spiro atoms. The van der Waals surface area contributed by atoms with Crippen molar-refractivity contribution in [3.05, 3.63) is 81.2 Å². The van der Waals surface area contributed by atoms with Gasteiger partial charge in [0.1, 0.15) is 9.84 Å². The van der Waals surface area contributed by atoms with Crippen LogP contribution in [0.2, 0.25) is 0 Å². The molecular formula is C26H14N2O2S3. The lowest BCUT2D eigenvalue weighted by Gasteiger charge is -2.03. The number of rotatable bonds is 3. The van der Waals surface area contributed by atoms with E-state index in [4.69, 9.17) is 4.98 Å². The van der Waals surface area contributed by atoms with E-state index in [2.05, 4.69) is 24.3 Å². The van der Waals surface area contributed by atoms with Crippen LogP contribution in [-0.4, -0.2) is 16.6 Å². The summed E-state index contributed by atoms with van der Waals surface area (Å²) in [4.78, 5) is 33.6. The van der Waals surface area contributed by atoms with Crippen LogP contribution in [0.15, 0.2) is 54.1 Å². The molecule has 5 aromatic rings. The number of nitrogens with zero attached hydrogens (tertiary/aromatic N) is 2. The highest BCUT2D eigenvalue weighted by Crippen LogP contribution is 2.41. The normalized spacial score (nSPS) is 14.5. The molecule has 1 aliphatic carbocycles. The second-order valence-electron chi connectivity index (χ2n) is 7.72. The standard InChI is InChI=1S/C26H14N2O2S3/c1-2-13-7-17-18(8-15(13)12-27)24(30)19(23(17)29)10-16-11-22-25(31-16)28-26(33-22)21-9-14-5-3-4-6-20(14)32-21/h3-11H,2H2,1H3/b19-10+. The molecule has 0 saturated carbocycles. The minimum Gasteiger partial charge on any atom is -0.288 e. The number of aryl methyl sites for hydroxylation is 1. The van der Waals surface area contributed by atoms with E-state index >= 15 is 0 Å². The van der Waals surface area contributed by atoms with Crippen LogP contribution in [0.3, 0.4) is 0 Å². The van der Waals surface area contributed by atoms with Crippen molar-refractivity contribution in [3.8, 4) is 16.0 Å². The molecule has 158 valence electrons. The highest BCUT2D eigenvalue weighted by molar-refractivity contribution is 7.31. The minimum absolute atomic E-state index is 0.153. The summed E-state index contributed by atoms with van der Waals surface area (Å²) in [5, 5.41) is 11.6. The second kappa shape index (κ2) is 7.56. The van der Waals surface area contributed by atoms with Gasteiger partial charge in [0.15, 0.2) is 11.6 Å². The lowest BCUT2D eigenvalue weighted by molar-refractivity contribution is 0.0990. The first-order valence-corrected chi connectivity index (χ1v) is 12.8. The molecule has 3 heterocycles. The molecule has 0 bridgehead atoms. The van der Waals surface area contributed by atoms with Gasteiger partial charge in [-0.3, -0.25) is 9.59 Å². The van der Waals surface area contributed by atoms with Gasteiger partial charge >= 0.3 is 0 Å². The van der Waals surface area contributed by atoms with Gasteiger partial charge < -0.3 is 0 Å². The number of ketones is 2. The van der Waals surface area contributed by atoms with Crippen molar-refractivity contribution in [3.63, 3.8) is 0 Å². The maximum Gasteiger partial charge on any atom is 0.197 e. The zero-order valence-corrected chi connectivity index (χ0v) is 19.8. The van der Waals surface area contributed by atoms with Crippen molar-refractivity contribution in [2.24, 2.45) is 0 Å². The smallest absolute Gasteiger partial charge is 0.197 e. The first-order valence-electron chi connectivity index (χ1n) is 10.3. The Kier molecular flexibility index (Phi) is 4.63. The molecule has 1 aliphatic rings. The molecule has 0 aliphatic heterocycles. The van der Waals surface area contributed by atoms with Crippen LogP contribution >= 0.6 is 34.0 Å². The van der Waals surface area contributed by atoms with E-state index in [1.165, 1.54) is 21.4 Å². The Morgan fingerprint density at radius 3 is 2.48 bits per heavy atom. The average Bonchev–Trinajstić information content (AvgIpc) is 3.56. The lowest BCUT2D eigenvalue weighted by atomic mass is 9.99. The maximum atomic E-state index is 13.0. The predicted octanol–water partition coefficient (Wildman–Crippen LogP) is 7.14. The van der Waals surface area contributed by atoms with Gasteiger partial charge in [0.25, 0.3) is 0 Å². The first-order chi connectivity index (χ1) is 16.1. The Labute approximate surface area is 201 Å². The van der Waals surface area contributed by atoms with Gasteiger partial charge in [0.2, 0.25) is 0 Å². The monoisotopic (exact) mass is 482 g/mol. The summed E-state index contributed by atoms with van der Waals surface area (Å²) in [6.07, 6.45) is 2.30. The van der Waals surface area contributed by atoms with Crippen molar-refractivity contribution < 1.29 is 9.59 Å². The molecule has 0 N–H and O–H groups in total. The number of hydrogen-bond acceptors (Lipinski definition) is 7. The molecule has 2 aromatic carbocycles. The van der Waals surface area contributed by atoms with Gasteiger partial charge in [-0.15, -0.1) is 34.0 Å². The molecule has 0 amide bonds. The number of thiazole rings is 1. The molecule has 0 radical (unpaired) electrons.